The van der Waals surface area contributed by atoms with Gasteiger partial charge in [0.05, 0.1) is 6.61 Å². The van der Waals surface area contributed by atoms with Crippen LogP contribution in [0.4, 0.5) is 5.69 Å². The molecule has 0 spiro atoms. The average Bonchev–Trinajstić information content (AvgIpc) is 2.48. The number of hydrogen-bond donors (Lipinski definition) is 1. The Hall–Kier alpha value is -1.96. The van der Waals surface area contributed by atoms with Crippen molar-refractivity contribution in [3.63, 3.8) is 0 Å². The van der Waals surface area contributed by atoms with Gasteiger partial charge in [-0.2, -0.15) is 0 Å². The van der Waals surface area contributed by atoms with Gasteiger partial charge in [0.1, 0.15) is 5.75 Å². The van der Waals surface area contributed by atoms with E-state index < -0.39 is 0 Å². The molecule has 0 amide bonds. The SMILES string of the molecule is CCOc1cccc(CC2CC(C)Nc3ccccc32)c1. The minimum absolute atomic E-state index is 0.528. The van der Waals surface area contributed by atoms with Gasteiger partial charge in [-0.05, 0) is 61.9 Å². The van der Waals surface area contributed by atoms with Gasteiger partial charge in [0, 0.05) is 11.7 Å². The molecule has 1 N–H and O–H groups in total. The number of nitrogens with one attached hydrogen (secondary N) is 1. The lowest BCUT2D eigenvalue weighted by Crippen LogP contribution is -2.26. The van der Waals surface area contributed by atoms with Crippen molar-refractivity contribution in [2.24, 2.45) is 0 Å². The summed E-state index contributed by atoms with van der Waals surface area (Å²) >= 11 is 0. The van der Waals surface area contributed by atoms with Crippen LogP contribution in [0.2, 0.25) is 0 Å². The van der Waals surface area contributed by atoms with Crippen LogP contribution in [0.15, 0.2) is 48.5 Å². The molecule has 1 aliphatic rings. The van der Waals surface area contributed by atoms with E-state index in [9.17, 15) is 0 Å². The number of benzene rings is 2. The summed E-state index contributed by atoms with van der Waals surface area (Å²) in [6.07, 6.45) is 2.25. The van der Waals surface area contributed by atoms with Crippen molar-refractivity contribution >= 4 is 5.69 Å². The van der Waals surface area contributed by atoms with Crippen LogP contribution >= 0.6 is 0 Å². The summed E-state index contributed by atoms with van der Waals surface area (Å²) in [7, 11) is 0. The summed E-state index contributed by atoms with van der Waals surface area (Å²) in [5.41, 5.74) is 4.09. The fourth-order valence-corrected chi connectivity index (χ4v) is 3.27. The fourth-order valence-electron chi connectivity index (χ4n) is 3.27. The molecule has 2 heteroatoms. The van der Waals surface area contributed by atoms with E-state index in [4.69, 9.17) is 4.74 Å². The van der Waals surface area contributed by atoms with Gasteiger partial charge in [-0.25, -0.2) is 0 Å². The van der Waals surface area contributed by atoms with Gasteiger partial charge < -0.3 is 10.1 Å². The highest BCUT2D eigenvalue weighted by Gasteiger charge is 2.23. The second kappa shape index (κ2) is 6.21. The molecule has 3 rings (SSSR count). The summed E-state index contributed by atoms with van der Waals surface area (Å²) in [5.74, 6) is 1.56. The van der Waals surface area contributed by atoms with Crippen molar-refractivity contribution in [2.45, 2.75) is 38.6 Å². The van der Waals surface area contributed by atoms with E-state index in [2.05, 4.69) is 54.7 Å². The molecule has 2 aromatic rings. The first kappa shape index (κ1) is 14.0. The Morgan fingerprint density at radius 3 is 2.86 bits per heavy atom. The minimum Gasteiger partial charge on any atom is -0.494 e. The number of anilines is 1. The predicted octanol–water partition coefficient (Wildman–Crippen LogP) is 4.62. The van der Waals surface area contributed by atoms with Crippen molar-refractivity contribution in [3.05, 3.63) is 59.7 Å². The molecule has 0 fully saturated rings. The first-order valence-corrected chi connectivity index (χ1v) is 7.83. The van der Waals surface area contributed by atoms with E-state index in [1.54, 1.807) is 0 Å². The van der Waals surface area contributed by atoms with Gasteiger partial charge in [0.2, 0.25) is 0 Å². The molecular weight excluding hydrogens is 258 g/mol. The number of hydrogen-bond acceptors (Lipinski definition) is 2. The van der Waals surface area contributed by atoms with Crippen LogP contribution in [0, 0.1) is 0 Å². The Balaban J connectivity index is 1.83. The molecule has 2 aromatic carbocycles. The van der Waals surface area contributed by atoms with Gasteiger partial charge in [-0.15, -0.1) is 0 Å². The van der Waals surface area contributed by atoms with Crippen LogP contribution < -0.4 is 10.1 Å². The average molecular weight is 281 g/mol. The summed E-state index contributed by atoms with van der Waals surface area (Å²) < 4.78 is 5.61. The lowest BCUT2D eigenvalue weighted by molar-refractivity contribution is 0.340. The number of para-hydroxylation sites is 1. The van der Waals surface area contributed by atoms with E-state index in [0.717, 1.165) is 18.8 Å². The zero-order valence-electron chi connectivity index (χ0n) is 12.8. The summed E-state index contributed by atoms with van der Waals surface area (Å²) in [6.45, 7) is 5.01. The van der Waals surface area contributed by atoms with E-state index in [1.165, 1.54) is 23.2 Å². The molecule has 2 atom stereocenters. The molecule has 0 saturated carbocycles. The second-order valence-electron chi connectivity index (χ2n) is 5.85. The molecular formula is C19H23NO. The first-order chi connectivity index (χ1) is 10.3. The Bertz CT molecular complexity index is 608. The van der Waals surface area contributed by atoms with Crippen molar-refractivity contribution < 1.29 is 4.74 Å². The maximum absolute atomic E-state index is 5.61. The maximum Gasteiger partial charge on any atom is 0.119 e. The molecule has 0 radical (unpaired) electrons. The maximum atomic E-state index is 5.61. The van der Waals surface area contributed by atoms with E-state index in [-0.39, 0.29) is 0 Å². The second-order valence-corrected chi connectivity index (χ2v) is 5.85. The Labute approximate surface area is 127 Å². The lowest BCUT2D eigenvalue weighted by Gasteiger charge is -2.31. The Kier molecular flexibility index (Phi) is 4.14. The zero-order chi connectivity index (χ0) is 14.7. The molecule has 0 saturated heterocycles. The quantitative estimate of drug-likeness (QED) is 0.883. The van der Waals surface area contributed by atoms with Crippen LogP contribution in [0.5, 0.6) is 5.75 Å². The van der Waals surface area contributed by atoms with Crippen molar-refractivity contribution in [1.82, 2.24) is 0 Å². The molecule has 0 aliphatic carbocycles. The summed E-state index contributed by atoms with van der Waals surface area (Å²) in [6, 6.07) is 17.7. The highest BCUT2D eigenvalue weighted by Crippen LogP contribution is 2.36. The molecule has 110 valence electrons. The van der Waals surface area contributed by atoms with Gasteiger partial charge in [0.15, 0.2) is 0 Å². The van der Waals surface area contributed by atoms with Gasteiger partial charge in [0.25, 0.3) is 0 Å². The van der Waals surface area contributed by atoms with Gasteiger partial charge in [-0.3, -0.25) is 0 Å². The van der Waals surface area contributed by atoms with Crippen LogP contribution in [0.1, 0.15) is 37.3 Å². The summed E-state index contributed by atoms with van der Waals surface area (Å²) in [4.78, 5) is 0. The number of rotatable bonds is 4. The molecule has 2 unspecified atom stereocenters. The van der Waals surface area contributed by atoms with Crippen LogP contribution in [0.25, 0.3) is 0 Å². The third kappa shape index (κ3) is 3.21. The molecule has 1 heterocycles. The van der Waals surface area contributed by atoms with Gasteiger partial charge in [-0.1, -0.05) is 30.3 Å². The molecule has 1 aliphatic heterocycles. The van der Waals surface area contributed by atoms with Crippen molar-refractivity contribution in [3.8, 4) is 5.75 Å². The third-order valence-corrected chi connectivity index (χ3v) is 4.13. The number of ether oxygens (including phenoxy) is 1. The zero-order valence-corrected chi connectivity index (χ0v) is 12.8. The largest absolute Gasteiger partial charge is 0.494 e. The smallest absolute Gasteiger partial charge is 0.119 e. The summed E-state index contributed by atoms with van der Waals surface area (Å²) in [5, 5.41) is 3.58. The van der Waals surface area contributed by atoms with Crippen molar-refractivity contribution in [1.29, 1.82) is 0 Å². The predicted molar refractivity (Wildman–Crippen MR) is 88.2 cm³/mol. The monoisotopic (exact) mass is 281 g/mol. The van der Waals surface area contributed by atoms with Crippen LogP contribution in [-0.4, -0.2) is 12.6 Å². The van der Waals surface area contributed by atoms with E-state index in [1.807, 2.05) is 13.0 Å². The molecule has 2 nitrogen and oxygen atoms in total. The molecule has 0 aromatic heterocycles. The van der Waals surface area contributed by atoms with Crippen LogP contribution in [0.3, 0.4) is 0 Å². The molecule has 21 heavy (non-hydrogen) atoms. The van der Waals surface area contributed by atoms with E-state index >= 15 is 0 Å². The third-order valence-electron chi connectivity index (χ3n) is 4.13. The highest BCUT2D eigenvalue weighted by molar-refractivity contribution is 5.56. The Morgan fingerprint density at radius 2 is 2.00 bits per heavy atom. The standard InChI is InChI=1S/C19H23NO/c1-3-21-17-8-6-7-15(13-17)12-16-11-14(2)20-19-10-5-4-9-18(16)19/h4-10,13-14,16,20H,3,11-12H2,1-2H3. The normalized spacial score (nSPS) is 20.5. The highest BCUT2D eigenvalue weighted by atomic mass is 16.5. The number of fused-ring (bicyclic) bond motifs is 1. The topological polar surface area (TPSA) is 21.3 Å². The first-order valence-electron chi connectivity index (χ1n) is 7.83. The van der Waals surface area contributed by atoms with Crippen LogP contribution in [-0.2, 0) is 6.42 Å². The van der Waals surface area contributed by atoms with Crippen molar-refractivity contribution in [2.75, 3.05) is 11.9 Å². The molecule has 0 bridgehead atoms. The lowest BCUT2D eigenvalue weighted by atomic mass is 9.83. The van der Waals surface area contributed by atoms with E-state index in [0.29, 0.717) is 12.0 Å². The van der Waals surface area contributed by atoms with Gasteiger partial charge >= 0.3 is 0 Å². The fraction of sp³-hybridized carbons (Fsp3) is 0.368. The Morgan fingerprint density at radius 1 is 1.14 bits per heavy atom. The minimum atomic E-state index is 0.528.